The Balaban J connectivity index is 1.26. The summed E-state index contributed by atoms with van der Waals surface area (Å²) in [6, 6.07) is 53.8. The van der Waals surface area contributed by atoms with Gasteiger partial charge in [-0.2, -0.15) is 0 Å². The summed E-state index contributed by atoms with van der Waals surface area (Å²) in [5, 5.41) is 3.37. The molecule has 234 valence electrons. The largest absolute Gasteiger partial charge is 0.278 e. The van der Waals surface area contributed by atoms with E-state index in [4.69, 9.17) is 24.9 Å². The van der Waals surface area contributed by atoms with Crippen LogP contribution in [0, 0.1) is 0 Å². The van der Waals surface area contributed by atoms with Crippen LogP contribution in [0.5, 0.6) is 0 Å². The lowest BCUT2D eigenvalue weighted by Crippen LogP contribution is -2.02. The molecular formula is C43H26N6S. The third-order valence-corrected chi connectivity index (χ3v) is 10.3. The molecule has 50 heavy (non-hydrogen) atoms. The first kappa shape index (κ1) is 28.4. The Bertz CT molecular complexity index is 2750. The molecule has 7 heteroatoms. The summed E-state index contributed by atoms with van der Waals surface area (Å²) in [7, 11) is 0. The van der Waals surface area contributed by atoms with Crippen molar-refractivity contribution in [2.45, 2.75) is 0 Å². The van der Waals surface area contributed by atoms with Gasteiger partial charge in [-0.15, -0.1) is 11.3 Å². The Morgan fingerprint density at radius 3 is 1.48 bits per heavy atom. The fraction of sp³-hybridized carbons (Fsp3) is 0. The van der Waals surface area contributed by atoms with Crippen molar-refractivity contribution in [3.05, 3.63) is 158 Å². The molecule has 0 atom stereocenters. The lowest BCUT2D eigenvalue weighted by molar-refractivity contribution is 1.02. The molecule has 10 rings (SSSR count). The van der Waals surface area contributed by atoms with E-state index in [0.29, 0.717) is 23.4 Å². The fourth-order valence-corrected chi connectivity index (χ4v) is 8.05. The first-order chi connectivity index (χ1) is 24.8. The summed E-state index contributed by atoms with van der Waals surface area (Å²) in [6.07, 6.45) is 0. The molecule has 0 N–H and O–H groups in total. The summed E-state index contributed by atoms with van der Waals surface area (Å²) < 4.78 is 4.26. The minimum Gasteiger partial charge on any atom is -0.278 e. The maximum absolute atomic E-state index is 5.37. The van der Waals surface area contributed by atoms with Crippen LogP contribution in [0.25, 0.3) is 93.5 Å². The maximum atomic E-state index is 5.37. The molecule has 0 aliphatic rings. The second-order valence-electron chi connectivity index (χ2n) is 12.1. The zero-order valence-electron chi connectivity index (χ0n) is 26.6. The van der Waals surface area contributed by atoms with Crippen molar-refractivity contribution in [2.75, 3.05) is 0 Å². The van der Waals surface area contributed by atoms with E-state index < -0.39 is 0 Å². The summed E-state index contributed by atoms with van der Waals surface area (Å²) in [5.74, 6) is 2.51. The Kier molecular flexibility index (Phi) is 6.57. The zero-order chi connectivity index (χ0) is 33.0. The highest BCUT2D eigenvalue weighted by atomic mass is 32.1. The molecule has 4 aromatic heterocycles. The maximum Gasteiger partial charge on any atom is 0.235 e. The summed E-state index contributed by atoms with van der Waals surface area (Å²) in [5.41, 5.74) is 7.77. The molecule has 6 aromatic carbocycles. The molecule has 0 aliphatic heterocycles. The average molecular weight is 659 g/mol. The molecule has 6 nitrogen and oxygen atoms in total. The van der Waals surface area contributed by atoms with Gasteiger partial charge >= 0.3 is 0 Å². The molecule has 0 bridgehead atoms. The predicted molar refractivity (Wildman–Crippen MR) is 204 cm³/mol. The highest BCUT2D eigenvalue weighted by molar-refractivity contribution is 7.26. The van der Waals surface area contributed by atoms with E-state index in [1.807, 2.05) is 66.7 Å². The van der Waals surface area contributed by atoms with Crippen molar-refractivity contribution in [1.29, 1.82) is 0 Å². The van der Waals surface area contributed by atoms with Crippen LogP contribution in [-0.4, -0.2) is 29.5 Å². The standard InChI is InChI=1S/C43H26N6S/c1-4-15-27(16-5-1)36-39-37(45-43(44-36)49-34-25-12-10-21-30(34)31-22-11-13-26-35(31)49)32-23-14-24-33(38(32)50-39)42-47-40(28-17-6-2-7-18-28)46-41(48-42)29-19-8-3-9-20-29/h1-26H. The smallest absolute Gasteiger partial charge is 0.235 e. The van der Waals surface area contributed by atoms with Gasteiger partial charge in [0.05, 0.1) is 26.9 Å². The third kappa shape index (κ3) is 4.59. The van der Waals surface area contributed by atoms with Crippen LogP contribution in [0.15, 0.2) is 158 Å². The van der Waals surface area contributed by atoms with Crippen LogP contribution in [0.3, 0.4) is 0 Å². The van der Waals surface area contributed by atoms with E-state index >= 15 is 0 Å². The highest BCUT2D eigenvalue weighted by Gasteiger charge is 2.22. The van der Waals surface area contributed by atoms with Crippen LogP contribution in [-0.2, 0) is 0 Å². The van der Waals surface area contributed by atoms with E-state index in [-0.39, 0.29) is 0 Å². The van der Waals surface area contributed by atoms with Gasteiger partial charge in [0, 0.05) is 43.1 Å². The van der Waals surface area contributed by atoms with Crippen molar-refractivity contribution in [3.63, 3.8) is 0 Å². The Morgan fingerprint density at radius 1 is 0.380 bits per heavy atom. The van der Waals surface area contributed by atoms with Gasteiger partial charge in [-0.25, -0.2) is 24.9 Å². The van der Waals surface area contributed by atoms with Crippen LogP contribution in [0.2, 0.25) is 0 Å². The molecule has 0 radical (unpaired) electrons. The van der Waals surface area contributed by atoms with Crippen LogP contribution < -0.4 is 0 Å². The van der Waals surface area contributed by atoms with Crippen LogP contribution >= 0.6 is 11.3 Å². The number of rotatable bonds is 5. The van der Waals surface area contributed by atoms with E-state index in [1.165, 1.54) is 10.8 Å². The third-order valence-electron chi connectivity index (χ3n) is 9.10. The van der Waals surface area contributed by atoms with Gasteiger partial charge in [0.1, 0.15) is 0 Å². The van der Waals surface area contributed by atoms with Gasteiger partial charge < -0.3 is 0 Å². The molecule has 0 fully saturated rings. The second kappa shape index (κ2) is 11.5. The number of hydrogen-bond acceptors (Lipinski definition) is 6. The first-order valence-corrected chi connectivity index (χ1v) is 17.3. The molecule has 0 aliphatic carbocycles. The molecular weight excluding hydrogens is 633 g/mol. The molecule has 0 amide bonds. The Hall–Kier alpha value is -6.57. The van der Waals surface area contributed by atoms with Crippen molar-refractivity contribution in [3.8, 4) is 51.4 Å². The van der Waals surface area contributed by atoms with Crippen LogP contribution in [0.4, 0.5) is 0 Å². The van der Waals surface area contributed by atoms with Crippen molar-refractivity contribution < 1.29 is 0 Å². The van der Waals surface area contributed by atoms with Gasteiger partial charge in [0.2, 0.25) is 5.95 Å². The second-order valence-corrected chi connectivity index (χ2v) is 13.1. The van der Waals surface area contributed by atoms with Crippen molar-refractivity contribution >= 4 is 53.4 Å². The number of aromatic nitrogens is 6. The lowest BCUT2D eigenvalue weighted by atomic mass is 10.1. The molecule has 0 spiro atoms. The highest BCUT2D eigenvalue weighted by Crippen LogP contribution is 2.43. The van der Waals surface area contributed by atoms with E-state index in [9.17, 15) is 0 Å². The van der Waals surface area contributed by atoms with E-state index in [1.54, 1.807) is 11.3 Å². The monoisotopic (exact) mass is 658 g/mol. The van der Waals surface area contributed by atoms with Gasteiger partial charge in [0.15, 0.2) is 17.5 Å². The topological polar surface area (TPSA) is 69.4 Å². The average Bonchev–Trinajstić information content (AvgIpc) is 3.74. The molecule has 0 saturated carbocycles. The van der Waals surface area contributed by atoms with Crippen LogP contribution in [0.1, 0.15) is 0 Å². The van der Waals surface area contributed by atoms with Gasteiger partial charge in [-0.3, -0.25) is 4.57 Å². The van der Waals surface area contributed by atoms with Gasteiger partial charge in [-0.05, 0) is 18.2 Å². The lowest BCUT2D eigenvalue weighted by Gasteiger charge is -2.10. The number of benzene rings is 6. The van der Waals surface area contributed by atoms with E-state index in [0.717, 1.165) is 59.3 Å². The predicted octanol–water partition coefficient (Wildman–Crippen LogP) is 10.8. The van der Waals surface area contributed by atoms with Crippen molar-refractivity contribution in [1.82, 2.24) is 29.5 Å². The Labute approximate surface area is 291 Å². The van der Waals surface area contributed by atoms with Crippen molar-refractivity contribution in [2.24, 2.45) is 0 Å². The number of thiophene rings is 1. The quantitative estimate of drug-likeness (QED) is 0.184. The fourth-order valence-electron chi connectivity index (χ4n) is 6.79. The zero-order valence-corrected chi connectivity index (χ0v) is 27.4. The minimum absolute atomic E-state index is 0.617. The van der Waals surface area contributed by atoms with Gasteiger partial charge in [-0.1, -0.05) is 140 Å². The summed E-state index contributed by atoms with van der Waals surface area (Å²) in [4.78, 5) is 25.8. The number of para-hydroxylation sites is 2. The summed E-state index contributed by atoms with van der Waals surface area (Å²) in [6.45, 7) is 0. The normalized spacial score (nSPS) is 11.6. The molecule has 10 aromatic rings. The number of nitrogens with zero attached hydrogens (tertiary/aromatic N) is 6. The number of hydrogen-bond donors (Lipinski definition) is 0. The minimum atomic E-state index is 0.617. The van der Waals surface area contributed by atoms with Gasteiger partial charge in [0.25, 0.3) is 0 Å². The SMILES string of the molecule is c1ccc(-c2nc(-c3ccccc3)nc(-c3cccc4c3sc3c(-c5ccccc5)nc(-n5c6ccccc6c6ccccc65)nc34)n2)cc1. The summed E-state index contributed by atoms with van der Waals surface area (Å²) >= 11 is 1.69. The molecule has 0 saturated heterocycles. The first-order valence-electron chi connectivity index (χ1n) is 16.4. The molecule has 0 unspecified atom stereocenters. The Morgan fingerprint density at radius 2 is 0.880 bits per heavy atom. The molecule has 4 heterocycles. The number of fused-ring (bicyclic) bond motifs is 6. The van der Waals surface area contributed by atoms with E-state index in [2.05, 4.69) is 95.6 Å².